The predicted octanol–water partition coefficient (Wildman–Crippen LogP) is 0.596. The molecule has 2 heterocycles. The largest absolute Gasteiger partial charge is 0.369 e. The van der Waals surface area contributed by atoms with Gasteiger partial charge in [0.2, 0.25) is 5.95 Å². The van der Waals surface area contributed by atoms with Gasteiger partial charge in [0.05, 0.1) is 9.86 Å². The van der Waals surface area contributed by atoms with Gasteiger partial charge in [-0.3, -0.25) is 9.78 Å². The number of aromatic amines is 2. The maximum atomic E-state index is 11.3. The molecule has 6 heteroatoms. The molecular weight excluding hydrogens is 224 g/mol. The summed E-state index contributed by atoms with van der Waals surface area (Å²) in [5.74, 6) is 0.113. The van der Waals surface area contributed by atoms with Crippen molar-refractivity contribution in [2.45, 2.75) is 0 Å². The van der Waals surface area contributed by atoms with Crippen LogP contribution < -0.4 is 11.3 Å². The van der Waals surface area contributed by atoms with E-state index in [9.17, 15) is 4.79 Å². The monoisotopic (exact) mass is 228 g/mol. The number of H-pyrrole nitrogens is 2. The molecule has 0 fully saturated rings. The minimum absolute atomic E-state index is 0.113. The number of nitrogens with zero attached hydrogens (tertiary/aromatic N) is 1. The van der Waals surface area contributed by atoms with E-state index in [0.717, 1.165) is 0 Å². The highest BCUT2D eigenvalue weighted by Crippen LogP contribution is 2.17. The Hall–Kier alpha value is -1.30. The van der Waals surface area contributed by atoms with Crippen LogP contribution in [0.3, 0.4) is 0 Å². The van der Waals surface area contributed by atoms with E-state index in [-0.39, 0.29) is 11.5 Å². The first-order chi connectivity index (χ1) is 5.68. The van der Waals surface area contributed by atoms with E-state index in [4.69, 9.17) is 5.73 Å². The molecule has 2 aromatic heterocycles. The van der Waals surface area contributed by atoms with E-state index < -0.39 is 0 Å². The molecule has 0 amide bonds. The molecule has 0 atom stereocenters. The Bertz CT molecular complexity index is 486. The first-order valence-electron chi connectivity index (χ1n) is 3.21. The number of fused-ring (bicyclic) bond motifs is 1. The summed E-state index contributed by atoms with van der Waals surface area (Å²) in [5.41, 5.74) is 5.58. The number of anilines is 1. The van der Waals surface area contributed by atoms with E-state index in [1.165, 1.54) is 0 Å². The first kappa shape index (κ1) is 7.35. The smallest absolute Gasteiger partial charge is 0.262 e. The van der Waals surface area contributed by atoms with Crippen molar-refractivity contribution in [3.05, 3.63) is 21.0 Å². The molecule has 0 unspecified atom stereocenters. The van der Waals surface area contributed by atoms with Gasteiger partial charge in [-0.2, -0.15) is 4.98 Å². The molecule has 0 saturated carbocycles. The summed E-state index contributed by atoms with van der Waals surface area (Å²) in [6.07, 6.45) is 1.65. The van der Waals surface area contributed by atoms with E-state index >= 15 is 0 Å². The summed E-state index contributed by atoms with van der Waals surface area (Å²) < 4.78 is 0.686. The van der Waals surface area contributed by atoms with E-state index in [1.807, 2.05) is 0 Å². The van der Waals surface area contributed by atoms with E-state index in [0.29, 0.717) is 15.5 Å². The number of halogens is 1. The third-order valence-corrected chi connectivity index (χ3v) is 2.14. The zero-order valence-corrected chi connectivity index (χ0v) is 7.47. The maximum Gasteiger partial charge on any atom is 0.262 e. The number of aromatic nitrogens is 3. The van der Waals surface area contributed by atoms with Crippen LogP contribution in [0, 0.1) is 0 Å². The van der Waals surface area contributed by atoms with Crippen LogP contribution in [-0.4, -0.2) is 15.0 Å². The number of rotatable bonds is 0. The predicted molar refractivity (Wildman–Crippen MR) is 48.8 cm³/mol. The fourth-order valence-corrected chi connectivity index (χ4v) is 1.50. The Labute approximate surface area is 75.1 Å². The molecule has 0 spiro atoms. The minimum atomic E-state index is -0.245. The molecular formula is C6H5BrN4O. The molecule has 2 aromatic rings. The highest BCUT2D eigenvalue weighted by Gasteiger charge is 2.06. The molecule has 0 aliphatic rings. The van der Waals surface area contributed by atoms with Gasteiger partial charge >= 0.3 is 0 Å². The molecule has 0 aromatic carbocycles. The molecule has 0 bridgehead atoms. The zero-order chi connectivity index (χ0) is 8.72. The lowest BCUT2D eigenvalue weighted by atomic mass is 10.4. The van der Waals surface area contributed by atoms with Gasteiger partial charge in [-0.05, 0) is 15.9 Å². The van der Waals surface area contributed by atoms with Crippen molar-refractivity contribution in [2.75, 3.05) is 5.73 Å². The SMILES string of the molecule is Nc1nc2[nH]cc(Br)c2c(=O)[nH]1. The Balaban J connectivity index is 3.03. The van der Waals surface area contributed by atoms with Crippen molar-refractivity contribution in [3.8, 4) is 0 Å². The number of nitrogen functional groups attached to an aromatic ring is 1. The van der Waals surface area contributed by atoms with E-state index in [1.54, 1.807) is 6.20 Å². The van der Waals surface area contributed by atoms with Crippen LogP contribution in [0.1, 0.15) is 0 Å². The molecule has 12 heavy (non-hydrogen) atoms. The van der Waals surface area contributed by atoms with Crippen molar-refractivity contribution >= 4 is 32.9 Å². The van der Waals surface area contributed by atoms with Crippen LogP contribution in [-0.2, 0) is 0 Å². The fraction of sp³-hybridized carbons (Fsp3) is 0. The first-order valence-corrected chi connectivity index (χ1v) is 4.00. The van der Waals surface area contributed by atoms with Gasteiger partial charge in [0.1, 0.15) is 5.65 Å². The minimum Gasteiger partial charge on any atom is -0.369 e. The van der Waals surface area contributed by atoms with Crippen LogP contribution in [0.2, 0.25) is 0 Å². The number of hydrogen-bond donors (Lipinski definition) is 3. The maximum absolute atomic E-state index is 11.3. The van der Waals surface area contributed by atoms with Crippen LogP contribution >= 0.6 is 15.9 Å². The number of nitrogens with two attached hydrogens (primary N) is 1. The van der Waals surface area contributed by atoms with Crippen molar-refractivity contribution in [2.24, 2.45) is 0 Å². The molecule has 0 aliphatic heterocycles. The lowest BCUT2D eigenvalue weighted by Crippen LogP contribution is -2.10. The standard InChI is InChI=1S/C6H5BrN4O/c7-2-1-9-4-3(2)5(12)11-6(8)10-4/h1H,(H4,8,9,10,11,12). The molecule has 2 rings (SSSR count). The van der Waals surface area contributed by atoms with Gasteiger partial charge in [0, 0.05) is 6.20 Å². The lowest BCUT2D eigenvalue weighted by molar-refractivity contribution is 1.17. The van der Waals surface area contributed by atoms with Crippen LogP contribution in [0.25, 0.3) is 11.0 Å². The molecule has 4 N–H and O–H groups in total. The van der Waals surface area contributed by atoms with Gasteiger partial charge < -0.3 is 10.7 Å². The zero-order valence-electron chi connectivity index (χ0n) is 5.89. The van der Waals surface area contributed by atoms with Crippen molar-refractivity contribution in [1.82, 2.24) is 15.0 Å². The highest BCUT2D eigenvalue weighted by molar-refractivity contribution is 9.10. The average molecular weight is 229 g/mol. The summed E-state index contributed by atoms with van der Waals surface area (Å²) in [6.45, 7) is 0. The number of nitrogens with one attached hydrogen (secondary N) is 2. The molecule has 0 saturated heterocycles. The molecule has 0 radical (unpaired) electrons. The van der Waals surface area contributed by atoms with Gasteiger partial charge in [-0.25, -0.2) is 0 Å². The summed E-state index contributed by atoms with van der Waals surface area (Å²) >= 11 is 3.21. The second kappa shape index (κ2) is 2.34. The Morgan fingerprint density at radius 3 is 3.08 bits per heavy atom. The van der Waals surface area contributed by atoms with Gasteiger partial charge in [0.15, 0.2) is 0 Å². The van der Waals surface area contributed by atoms with Crippen LogP contribution in [0.15, 0.2) is 15.5 Å². The lowest BCUT2D eigenvalue weighted by Gasteiger charge is -1.91. The Morgan fingerprint density at radius 1 is 1.58 bits per heavy atom. The highest BCUT2D eigenvalue weighted by atomic mass is 79.9. The van der Waals surface area contributed by atoms with Gasteiger partial charge in [-0.1, -0.05) is 0 Å². The normalized spacial score (nSPS) is 10.8. The van der Waals surface area contributed by atoms with Gasteiger partial charge in [-0.15, -0.1) is 0 Å². The van der Waals surface area contributed by atoms with Crippen LogP contribution in [0.5, 0.6) is 0 Å². The Morgan fingerprint density at radius 2 is 2.33 bits per heavy atom. The fourth-order valence-electron chi connectivity index (χ4n) is 1.02. The summed E-state index contributed by atoms with van der Waals surface area (Å²) in [5, 5.41) is 0.490. The van der Waals surface area contributed by atoms with Crippen molar-refractivity contribution < 1.29 is 0 Å². The van der Waals surface area contributed by atoms with Crippen LogP contribution in [0.4, 0.5) is 5.95 Å². The topological polar surface area (TPSA) is 87.6 Å². The summed E-state index contributed by atoms with van der Waals surface area (Å²) in [6, 6.07) is 0. The second-order valence-electron chi connectivity index (χ2n) is 2.31. The third-order valence-electron chi connectivity index (χ3n) is 1.51. The van der Waals surface area contributed by atoms with Gasteiger partial charge in [0.25, 0.3) is 5.56 Å². The number of hydrogen-bond acceptors (Lipinski definition) is 3. The van der Waals surface area contributed by atoms with E-state index in [2.05, 4.69) is 30.9 Å². The summed E-state index contributed by atoms with van der Waals surface area (Å²) in [4.78, 5) is 20.4. The molecule has 0 aliphatic carbocycles. The Kier molecular flexibility index (Phi) is 1.44. The van der Waals surface area contributed by atoms with Crippen molar-refractivity contribution in [1.29, 1.82) is 0 Å². The second-order valence-corrected chi connectivity index (χ2v) is 3.17. The quantitative estimate of drug-likeness (QED) is 0.617. The van der Waals surface area contributed by atoms with Crippen molar-refractivity contribution in [3.63, 3.8) is 0 Å². The average Bonchev–Trinajstić information content (AvgIpc) is 2.31. The summed E-state index contributed by atoms with van der Waals surface area (Å²) in [7, 11) is 0. The molecule has 5 nitrogen and oxygen atoms in total. The molecule has 62 valence electrons. The third kappa shape index (κ3) is 0.918.